The molecule has 0 aliphatic heterocycles. The van der Waals surface area contributed by atoms with Gasteiger partial charge in [-0.3, -0.25) is 14.9 Å². The van der Waals surface area contributed by atoms with Gasteiger partial charge < -0.3 is 9.64 Å². The minimum Gasteiger partial charge on any atom is -0.426 e. The third kappa shape index (κ3) is 4.38. The molecule has 0 aliphatic carbocycles. The molecule has 0 amide bonds. The predicted molar refractivity (Wildman–Crippen MR) is 77.3 cm³/mol. The van der Waals surface area contributed by atoms with Gasteiger partial charge in [-0.15, -0.1) is 0 Å². The monoisotopic (exact) mass is 278 g/mol. The zero-order chi connectivity index (χ0) is 15.1. The Labute approximate surface area is 117 Å². The number of nitro groups is 1. The summed E-state index contributed by atoms with van der Waals surface area (Å²) in [6.07, 6.45) is 2.13. The molecule has 0 aromatic heterocycles. The van der Waals surface area contributed by atoms with Gasteiger partial charge in [0.1, 0.15) is 5.75 Å². The molecule has 0 saturated carbocycles. The van der Waals surface area contributed by atoms with Gasteiger partial charge >= 0.3 is 5.97 Å². The first kappa shape index (κ1) is 15.7. The zero-order valence-corrected chi connectivity index (χ0v) is 11.8. The number of benzene rings is 1. The van der Waals surface area contributed by atoms with Gasteiger partial charge in [-0.2, -0.15) is 0 Å². The van der Waals surface area contributed by atoms with E-state index in [2.05, 4.69) is 4.90 Å². The lowest BCUT2D eigenvalue weighted by molar-refractivity contribution is -0.400. The van der Waals surface area contributed by atoms with E-state index < -0.39 is 10.9 Å². The molecular weight excluding hydrogens is 260 g/mol. The fourth-order valence-corrected chi connectivity index (χ4v) is 1.83. The third-order valence-electron chi connectivity index (χ3n) is 2.76. The Morgan fingerprint density at radius 1 is 1.40 bits per heavy atom. The molecule has 0 unspecified atom stereocenters. The molecule has 1 aromatic carbocycles. The van der Waals surface area contributed by atoms with E-state index in [1.807, 2.05) is 19.9 Å². The van der Waals surface area contributed by atoms with Crippen molar-refractivity contribution in [3.63, 3.8) is 0 Å². The number of esters is 1. The first-order valence-electron chi connectivity index (χ1n) is 6.37. The minimum atomic E-state index is -0.560. The Bertz CT molecular complexity index is 522. The number of hydrogen-bond donors (Lipinski definition) is 0. The van der Waals surface area contributed by atoms with Crippen LogP contribution in [-0.2, 0) is 4.79 Å². The highest BCUT2D eigenvalue weighted by molar-refractivity contribution is 5.73. The highest BCUT2D eigenvalue weighted by atomic mass is 16.6. The summed E-state index contributed by atoms with van der Waals surface area (Å²) >= 11 is 0. The van der Waals surface area contributed by atoms with Crippen molar-refractivity contribution in [2.24, 2.45) is 0 Å². The fraction of sp³-hybridized carbons (Fsp3) is 0.357. The van der Waals surface area contributed by atoms with Crippen molar-refractivity contribution in [3.05, 3.63) is 40.1 Å². The van der Waals surface area contributed by atoms with Gasteiger partial charge in [-0.05, 0) is 26.0 Å². The number of carbonyl (C=O) groups is 1. The van der Waals surface area contributed by atoms with Crippen LogP contribution in [0.5, 0.6) is 5.75 Å². The molecule has 0 N–H and O–H groups in total. The second-order valence-electron chi connectivity index (χ2n) is 4.09. The number of hydrogen-bond acceptors (Lipinski definition) is 5. The van der Waals surface area contributed by atoms with E-state index >= 15 is 0 Å². The molecule has 0 bridgehead atoms. The van der Waals surface area contributed by atoms with Crippen LogP contribution in [0.4, 0.5) is 5.69 Å². The van der Waals surface area contributed by atoms with Crippen LogP contribution >= 0.6 is 0 Å². The standard InChI is InChI=1S/C14H18N2O4/c1-4-15(5-2)13-7-6-12(8-9-16(18)19)14(10-13)20-11(3)17/h6-10H,4-5H2,1-3H3. The molecule has 0 aliphatic rings. The van der Waals surface area contributed by atoms with Gasteiger partial charge in [0.15, 0.2) is 0 Å². The number of anilines is 1. The van der Waals surface area contributed by atoms with Crippen LogP contribution in [0, 0.1) is 10.1 Å². The molecule has 108 valence electrons. The van der Waals surface area contributed by atoms with Crippen molar-refractivity contribution in [1.82, 2.24) is 0 Å². The Morgan fingerprint density at radius 2 is 2.05 bits per heavy atom. The molecule has 1 rings (SSSR count). The SMILES string of the molecule is CCN(CC)c1ccc(C=C[N+](=O)[O-])c(OC(C)=O)c1. The van der Waals surface area contributed by atoms with Crippen LogP contribution in [0.25, 0.3) is 6.08 Å². The highest BCUT2D eigenvalue weighted by Crippen LogP contribution is 2.27. The van der Waals surface area contributed by atoms with Crippen LogP contribution < -0.4 is 9.64 Å². The van der Waals surface area contributed by atoms with E-state index in [4.69, 9.17) is 4.74 Å². The summed E-state index contributed by atoms with van der Waals surface area (Å²) in [5.41, 5.74) is 1.40. The summed E-state index contributed by atoms with van der Waals surface area (Å²) in [7, 11) is 0. The normalized spacial score (nSPS) is 10.6. The second-order valence-corrected chi connectivity index (χ2v) is 4.09. The maximum absolute atomic E-state index is 11.1. The summed E-state index contributed by atoms with van der Waals surface area (Å²) in [5.74, 6) is -0.141. The fourth-order valence-electron chi connectivity index (χ4n) is 1.83. The Morgan fingerprint density at radius 3 is 2.55 bits per heavy atom. The van der Waals surface area contributed by atoms with Crippen LogP contribution in [0.2, 0.25) is 0 Å². The highest BCUT2D eigenvalue weighted by Gasteiger charge is 2.09. The second kappa shape index (κ2) is 7.28. The molecule has 0 saturated heterocycles. The number of ether oxygens (including phenoxy) is 1. The van der Waals surface area contributed by atoms with E-state index in [1.165, 1.54) is 13.0 Å². The average molecular weight is 278 g/mol. The van der Waals surface area contributed by atoms with Crippen LogP contribution in [0.3, 0.4) is 0 Å². The summed E-state index contributed by atoms with van der Waals surface area (Å²) in [5, 5.41) is 10.4. The summed E-state index contributed by atoms with van der Waals surface area (Å²) in [4.78, 5) is 23.0. The third-order valence-corrected chi connectivity index (χ3v) is 2.76. The zero-order valence-electron chi connectivity index (χ0n) is 11.8. The molecule has 0 radical (unpaired) electrons. The van der Waals surface area contributed by atoms with Gasteiger partial charge in [0.25, 0.3) is 0 Å². The molecule has 6 heteroatoms. The number of carbonyl (C=O) groups excluding carboxylic acids is 1. The Balaban J connectivity index is 3.18. The van der Waals surface area contributed by atoms with E-state index in [0.29, 0.717) is 11.3 Å². The number of rotatable bonds is 6. The maximum Gasteiger partial charge on any atom is 0.308 e. The molecule has 0 spiro atoms. The molecule has 1 aromatic rings. The Kier molecular flexibility index (Phi) is 5.71. The van der Waals surface area contributed by atoms with E-state index in [-0.39, 0.29) is 0 Å². The van der Waals surface area contributed by atoms with Gasteiger partial charge in [0.05, 0.1) is 4.92 Å². The molecule has 0 fully saturated rings. The lowest BCUT2D eigenvalue weighted by Crippen LogP contribution is -2.21. The van der Waals surface area contributed by atoms with Crippen molar-refractivity contribution < 1.29 is 14.5 Å². The van der Waals surface area contributed by atoms with Crippen LogP contribution in [0.1, 0.15) is 26.3 Å². The molecular formula is C14H18N2O4. The van der Waals surface area contributed by atoms with E-state index in [9.17, 15) is 14.9 Å². The van der Waals surface area contributed by atoms with Gasteiger partial charge in [0, 0.05) is 43.4 Å². The largest absolute Gasteiger partial charge is 0.426 e. The van der Waals surface area contributed by atoms with E-state index in [1.54, 1.807) is 12.1 Å². The van der Waals surface area contributed by atoms with Crippen molar-refractivity contribution in [2.45, 2.75) is 20.8 Å². The summed E-state index contributed by atoms with van der Waals surface area (Å²) < 4.78 is 5.12. The van der Waals surface area contributed by atoms with Crippen LogP contribution in [-0.4, -0.2) is 24.0 Å². The Hall–Kier alpha value is -2.37. The lowest BCUT2D eigenvalue weighted by atomic mass is 10.1. The molecule has 20 heavy (non-hydrogen) atoms. The maximum atomic E-state index is 11.1. The van der Waals surface area contributed by atoms with Crippen molar-refractivity contribution in [1.29, 1.82) is 0 Å². The molecule has 0 atom stereocenters. The van der Waals surface area contributed by atoms with E-state index in [0.717, 1.165) is 25.0 Å². The van der Waals surface area contributed by atoms with Gasteiger partial charge in [-0.1, -0.05) is 0 Å². The predicted octanol–water partition coefficient (Wildman–Crippen LogP) is 2.71. The number of nitrogens with zero attached hydrogens (tertiary/aromatic N) is 2. The van der Waals surface area contributed by atoms with Crippen LogP contribution in [0.15, 0.2) is 24.4 Å². The van der Waals surface area contributed by atoms with Crippen molar-refractivity contribution in [2.75, 3.05) is 18.0 Å². The molecule has 0 heterocycles. The van der Waals surface area contributed by atoms with Crippen molar-refractivity contribution >= 4 is 17.7 Å². The molecule has 6 nitrogen and oxygen atoms in total. The summed E-state index contributed by atoms with van der Waals surface area (Å²) in [6, 6.07) is 5.26. The topological polar surface area (TPSA) is 72.7 Å². The average Bonchev–Trinajstić information content (AvgIpc) is 2.38. The lowest BCUT2D eigenvalue weighted by Gasteiger charge is -2.22. The minimum absolute atomic E-state index is 0.319. The smallest absolute Gasteiger partial charge is 0.308 e. The van der Waals surface area contributed by atoms with Gasteiger partial charge in [0.2, 0.25) is 6.20 Å². The van der Waals surface area contributed by atoms with Gasteiger partial charge in [-0.25, -0.2) is 0 Å². The first-order chi connectivity index (χ1) is 9.47. The summed E-state index contributed by atoms with van der Waals surface area (Å²) in [6.45, 7) is 6.98. The quantitative estimate of drug-likeness (QED) is 0.346. The van der Waals surface area contributed by atoms with Crippen molar-refractivity contribution in [3.8, 4) is 5.75 Å². The first-order valence-corrected chi connectivity index (χ1v) is 6.37.